The second-order valence-corrected chi connectivity index (χ2v) is 11.8. The van der Waals surface area contributed by atoms with Crippen LogP contribution in [0.1, 0.15) is 81.7 Å². The molecule has 1 aromatic carbocycles. The van der Waals surface area contributed by atoms with Crippen molar-refractivity contribution in [2.45, 2.75) is 83.2 Å². The number of hydrogen-bond donors (Lipinski definition) is 2. The van der Waals surface area contributed by atoms with Crippen molar-refractivity contribution in [1.82, 2.24) is 4.90 Å². The van der Waals surface area contributed by atoms with Gasteiger partial charge in [0.2, 0.25) is 17.6 Å². The van der Waals surface area contributed by atoms with Crippen LogP contribution in [-0.4, -0.2) is 54.6 Å². The number of hydrogen-bond acceptors (Lipinski definition) is 6. The van der Waals surface area contributed by atoms with Gasteiger partial charge in [0, 0.05) is 29.6 Å². The number of alkyl halides is 1. The van der Waals surface area contributed by atoms with Crippen LogP contribution in [0.3, 0.4) is 0 Å². The van der Waals surface area contributed by atoms with Crippen molar-refractivity contribution in [3.8, 4) is 0 Å². The molecule has 0 unspecified atom stereocenters. The molecule has 1 aromatic heterocycles. The third-order valence-electron chi connectivity index (χ3n) is 9.42. The summed E-state index contributed by atoms with van der Waals surface area (Å²) in [7, 11) is 0. The Morgan fingerprint density at radius 3 is 2.52 bits per heavy atom. The molecule has 8 nitrogen and oxygen atoms in total. The molecule has 0 radical (unpaired) electrons. The Balaban J connectivity index is 1.33. The van der Waals surface area contributed by atoms with E-state index in [-0.39, 0.29) is 41.9 Å². The van der Waals surface area contributed by atoms with E-state index in [0.717, 1.165) is 32.1 Å². The minimum absolute atomic E-state index is 0.0510. The Kier molecular flexibility index (Phi) is 9.08. The summed E-state index contributed by atoms with van der Waals surface area (Å²) in [6.07, 6.45) is 9.47. The zero-order chi connectivity index (χ0) is 28.2. The molecule has 3 atom stereocenters. The molecule has 40 heavy (non-hydrogen) atoms. The van der Waals surface area contributed by atoms with Crippen molar-refractivity contribution < 1.29 is 27.9 Å². The number of nitrogens with zero attached hydrogens (tertiary/aromatic N) is 1. The lowest BCUT2D eigenvalue weighted by molar-refractivity contribution is -0.142. The number of ether oxygens (including phenoxy) is 1. The van der Waals surface area contributed by atoms with E-state index in [1.807, 2.05) is 4.90 Å². The molecule has 1 aliphatic heterocycles. The zero-order valence-corrected chi connectivity index (χ0v) is 23.4. The first-order chi connectivity index (χ1) is 19.4. The number of amides is 2. The summed E-state index contributed by atoms with van der Waals surface area (Å²) in [6, 6.07) is 5.90. The van der Waals surface area contributed by atoms with Gasteiger partial charge < -0.3 is 25.1 Å². The van der Waals surface area contributed by atoms with E-state index in [9.17, 15) is 18.8 Å². The molecule has 218 valence electrons. The van der Waals surface area contributed by atoms with Crippen molar-refractivity contribution in [2.75, 3.05) is 25.1 Å². The Bertz CT molecular complexity index is 1200. The molecule has 2 saturated carbocycles. The highest BCUT2D eigenvalue weighted by Crippen LogP contribution is 2.41. The maximum atomic E-state index is 13.9. The summed E-state index contributed by atoms with van der Waals surface area (Å²) in [5, 5.41) is 3.76. The topological polar surface area (TPSA) is 115 Å². The number of esters is 1. The molecule has 3 aliphatic rings. The molecule has 3 N–H and O–H groups in total. The van der Waals surface area contributed by atoms with E-state index in [0.29, 0.717) is 42.0 Å². The van der Waals surface area contributed by atoms with Crippen LogP contribution in [0, 0.1) is 23.7 Å². The summed E-state index contributed by atoms with van der Waals surface area (Å²) in [6.45, 7) is 2.04. The molecule has 2 aliphatic carbocycles. The van der Waals surface area contributed by atoms with Gasteiger partial charge in [0.05, 0.1) is 6.61 Å². The van der Waals surface area contributed by atoms with Crippen LogP contribution in [0.15, 0.2) is 28.7 Å². The maximum Gasteiger partial charge on any atom is 0.374 e. The van der Waals surface area contributed by atoms with Gasteiger partial charge in [0.1, 0.15) is 18.3 Å². The fraction of sp³-hybridized carbons (Fsp3) is 0.645. The fourth-order valence-corrected chi connectivity index (χ4v) is 7.25. The van der Waals surface area contributed by atoms with Crippen LogP contribution >= 0.6 is 0 Å². The van der Waals surface area contributed by atoms with Gasteiger partial charge in [-0.1, -0.05) is 32.1 Å². The molecule has 2 heterocycles. The van der Waals surface area contributed by atoms with Gasteiger partial charge in [0.15, 0.2) is 0 Å². The van der Waals surface area contributed by atoms with Gasteiger partial charge in [0.25, 0.3) is 0 Å². The second-order valence-electron chi connectivity index (χ2n) is 11.8. The lowest BCUT2D eigenvalue weighted by Crippen LogP contribution is -2.50. The average Bonchev–Trinajstić information content (AvgIpc) is 3.62. The fourth-order valence-electron chi connectivity index (χ4n) is 7.25. The smallest absolute Gasteiger partial charge is 0.374 e. The molecule has 2 amide bonds. The summed E-state index contributed by atoms with van der Waals surface area (Å²) in [4.78, 5) is 41.7. The number of furan rings is 1. The van der Waals surface area contributed by atoms with Crippen LogP contribution in [0.5, 0.6) is 0 Å². The second kappa shape index (κ2) is 12.7. The number of benzene rings is 1. The number of fused-ring (bicyclic) bond motifs is 1. The first-order valence-corrected chi connectivity index (χ1v) is 15.0. The summed E-state index contributed by atoms with van der Waals surface area (Å²) in [5.74, 6) is 0.0135. The SMILES string of the molecule is CCOC(=O)c1cc2cc(NC(=O)[C@@H]3[C@H](C4CCCCC4)CCN3C(=O)C3CCC([C@H](N)CF)CC3)ccc2o1. The summed E-state index contributed by atoms with van der Waals surface area (Å²) < 4.78 is 23.7. The van der Waals surface area contributed by atoms with Gasteiger partial charge in [-0.25, -0.2) is 9.18 Å². The number of carbonyl (C=O) groups excluding carboxylic acids is 3. The van der Waals surface area contributed by atoms with Crippen molar-refractivity contribution in [1.29, 1.82) is 0 Å². The van der Waals surface area contributed by atoms with Gasteiger partial charge in [-0.15, -0.1) is 0 Å². The number of anilines is 1. The quantitative estimate of drug-likeness (QED) is 0.419. The molecule has 3 fully saturated rings. The third-order valence-corrected chi connectivity index (χ3v) is 9.42. The molecule has 5 rings (SSSR count). The largest absolute Gasteiger partial charge is 0.460 e. The molecule has 0 spiro atoms. The normalized spacial score (nSPS) is 26.5. The highest BCUT2D eigenvalue weighted by atomic mass is 19.1. The molecular formula is C31H42FN3O5. The molecule has 2 aromatic rings. The zero-order valence-electron chi connectivity index (χ0n) is 23.4. The Labute approximate surface area is 235 Å². The number of nitrogens with one attached hydrogen (secondary N) is 1. The first kappa shape index (κ1) is 28.6. The minimum Gasteiger partial charge on any atom is -0.460 e. The number of carbonyl (C=O) groups is 3. The Morgan fingerprint density at radius 1 is 1.07 bits per heavy atom. The predicted molar refractivity (Wildman–Crippen MR) is 150 cm³/mol. The highest BCUT2D eigenvalue weighted by molar-refractivity contribution is 6.00. The summed E-state index contributed by atoms with van der Waals surface area (Å²) in [5.41, 5.74) is 7.06. The lowest BCUT2D eigenvalue weighted by Gasteiger charge is -2.36. The van der Waals surface area contributed by atoms with Crippen molar-refractivity contribution in [3.05, 3.63) is 30.0 Å². The number of rotatable bonds is 8. The van der Waals surface area contributed by atoms with Crippen LogP contribution in [0.2, 0.25) is 0 Å². The van der Waals surface area contributed by atoms with E-state index in [1.165, 1.54) is 19.3 Å². The Hall–Kier alpha value is -2.94. The van der Waals surface area contributed by atoms with E-state index in [2.05, 4.69) is 5.32 Å². The number of nitrogens with two attached hydrogens (primary N) is 1. The van der Waals surface area contributed by atoms with Gasteiger partial charge >= 0.3 is 5.97 Å². The van der Waals surface area contributed by atoms with Crippen LogP contribution in [0.4, 0.5) is 10.1 Å². The maximum absolute atomic E-state index is 13.9. The van der Waals surface area contributed by atoms with E-state index >= 15 is 0 Å². The van der Waals surface area contributed by atoms with Gasteiger partial charge in [-0.05, 0) is 81.0 Å². The first-order valence-electron chi connectivity index (χ1n) is 15.0. The molecular weight excluding hydrogens is 513 g/mol. The van der Waals surface area contributed by atoms with Crippen LogP contribution in [0.25, 0.3) is 11.0 Å². The lowest BCUT2D eigenvalue weighted by atomic mass is 9.76. The minimum atomic E-state index is -0.532. The van der Waals surface area contributed by atoms with Crippen LogP contribution < -0.4 is 11.1 Å². The number of halogens is 1. The standard InChI is InChI=1S/C31H42FN3O5/c1-2-39-31(38)27-17-22-16-23(12-13-26(22)40-27)34-29(36)28-24(19-6-4-3-5-7-19)14-15-35(28)30(37)21-10-8-20(9-11-21)25(33)18-32/h12-13,16-17,19-21,24-25,28H,2-11,14-15,18,33H2,1H3,(H,34,36)/t20?,21?,24-,25+,28-/m0/s1. The highest BCUT2D eigenvalue weighted by Gasteiger charge is 2.47. The molecule has 1 saturated heterocycles. The molecule has 9 heteroatoms. The van der Waals surface area contributed by atoms with Gasteiger partial charge in [-0.3, -0.25) is 9.59 Å². The summed E-state index contributed by atoms with van der Waals surface area (Å²) >= 11 is 0. The van der Waals surface area contributed by atoms with Crippen molar-refractivity contribution in [2.24, 2.45) is 29.4 Å². The Morgan fingerprint density at radius 2 is 1.82 bits per heavy atom. The molecule has 0 bridgehead atoms. The van der Waals surface area contributed by atoms with Crippen molar-refractivity contribution >= 4 is 34.4 Å². The van der Waals surface area contributed by atoms with E-state index < -0.39 is 24.7 Å². The van der Waals surface area contributed by atoms with Crippen LogP contribution in [-0.2, 0) is 14.3 Å². The van der Waals surface area contributed by atoms with E-state index in [4.69, 9.17) is 14.9 Å². The van der Waals surface area contributed by atoms with Gasteiger partial charge in [-0.2, -0.15) is 0 Å². The third kappa shape index (κ3) is 6.04. The average molecular weight is 556 g/mol. The monoisotopic (exact) mass is 555 g/mol. The predicted octanol–water partition coefficient (Wildman–Crippen LogP) is 5.45. The number of likely N-dealkylation sites (tertiary alicyclic amines) is 1. The van der Waals surface area contributed by atoms with E-state index in [1.54, 1.807) is 31.2 Å². The van der Waals surface area contributed by atoms with Crippen molar-refractivity contribution in [3.63, 3.8) is 0 Å².